The topological polar surface area (TPSA) is 26.0 Å². The van der Waals surface area contributed by atoms with Crippen molar-refractivity contribution in [1.29, 1.82) is 0 Å². The molecule has 0 heterocycles. The Hall–Kier alpha value is -1.97. The van der Waals surface area contributed by atoms with Crippen molar-refractivity contribution in [3.8, 4) is 11.1 Å². The molecule has 94 valence electrons. The molecule has 0 fully saturated rings. The van der Waals surface area contributed by atoms with Crippen LogP contribution in [0.15, 0.2) is 24.3 Å². The Morgan fingerprint density at radius 2 is 1.28 bits per heavy atom. The molecule has 0 aliphatic rings. The molecule has 4 heteroatoms. The monoisotopic (exact) mass is 251 g/mol. The highest BCUT2D eigenvalue weighted by Gasteiger charge is 2.14. The second-order valence-electron chi connectivity index (χ2n) is 4.27. The summed E-state index contributed by atoms with van der Waals surface area (Å²) in [6, 6.07) is 4.63. The highest BCUT2D eigenvalue weighted by Crippen LogP contribution is 2.30. The Kier molecular flexibility index (Phi) is 3.03. The van der Waals surface area contributed by atoms with Crippen LogP contribution < -0.4 is 5.73 Å². The second-order valence-corrected chi connectivity index (χ2v) is 4.27. The summed E-state index contributed by atoms with van der Waals surface area (Å²) in [7, 11) is 0. The molecule has 2 aromatic carbocycles. The normalized spacial score (nSPS) is 10.7. The third-order valence-corrected chi connectivity index (χ3v) is 2.89. The summed E-state index contributed by atoms with van der Waals surface area (Å²) in [6.07, 6.45) is 0. The lowest BCUT2D eigenvalue weighted by atomic mass is 9.99. The van der Waals surface area contributed by atoms with E-state index in [4.69, 9.17) is 5.73 Å². The summed E-state index contributed by atoms with van der Waals surface area (Å²) in [4.78, 5) is 0. The van der Waals surface area contributed by atoms with Crippen LogP contribution in [0.4, 0.5) is 18.9 Å². The van der Waals surface area contributed by atoms with E-state index in [0.717, 1.165) is 6.07 Å². The lowest BCUT2D eigenvalue weighted by Gasteiger charge is -2.10. The number of benzene rings is 2. The van der Waals surface area contributed by atoms with Crippen LogP contribution in [0, 0.1) is 31.3 Å². The number of aryl methyl sites for hydroxylation is 2. The molecule has 2 aromatic rings. The van der Waals surface area contributed by atoms with Crippen LogP contribution in [0.25, 0.3) is 11.1 Å². The van der Waals surface area contributed by atoms with Gasteiger partial charge >= 0.3 is 0 Å². The van der Waals surface area contributed by atoms with E-state index < -0.39 is 17.5 Å². The molecule has 0 spiro atoms. The van der Waals surface area contributed by atoms with Crippen LogP contribution in [0.2, 0.25) is 0 Å². The molecule has 0 amide bonds. The largest absolute Gasteiger partial charge is 0.398 e. The van der Waals surface area contributed by atoms with Crippen LogP contribution in [-0.4, -0.2) is 0 Å². The first-order valence-corrected chi connectivity index (χ1v) is 5.42. The SMILES string of the molecule is Cc1cc(F)c(-c2cc(C)c(F)cc2F)cc1N. The van der Waals surface area contributed by atoms with Gasteiger partial charge in [0.2, 0.25) is 0 Å². The van der Waals surface area contributed by atoms with Gasteiger partial charge in [0.05, 0.1) is 0 Å². The molecule has 0 unspecified atom stereocenters. The number of hydrogen-bond donors (Lipinski definition) is 1. The van der Waals surface area contributed by atoms with Crippen LogP contribution >= 0.6 is 0 Å². The van der Waals surface area contributed by atoms with E-state index in [-0.39, 0.29) is 16.7 Å². The fourth-order valence-corrected chi connectivity index (χ4v) is 1.76. The molecule has 1 nitrogen and oxygen atoms in total. The molecule has 0 saturated carbocycles. The maximum atomic E-state index is 13.8. The van der Waals surface area contributed by atoms with Crippen molar-refractivity contribution in [1.82, 2.24) is 0 Å². The van der Waals surface area contributed by atoms with Crippen molar-refractivity contribution in [3.05, 3.63) is 52.8 Å². The zero-order valence-electron chi connectivity index (χ0n) is 10.0. The van der Waals surface area contributed by atoms with Gasteiger partial charge in [0, 0.05) is 22.9 Å². The standard InChI is InChI=1S/C14H12F3N/c1-7-3-9(13(17)6-11(7)15)10-5-14(18)8(2)4-12(10)16/h3-6H,18H2,1-2H3. The van der Waals surface area contributed by atoms with E-state index >= 15 is 0 Å². The van der Waals surface area contributed by atoms with Gasteiger partial charge in [0.25, 0.3) is 0 Å². The summed E-state index contributed by atoms with van der Waals surface area (Å²) >= 11 is 0. The third kappa shape index (κ3) is 2.06. The van der Waals surface area contributed by atoms with Crippen molar-refractivity contribution in [2.45, 2.75) is 13.8 Å². The van der Waals surface area contributed by atoms with Crippen LogP contribution in [0.1, 0.15) is 11.1 Å². The predicted molar refractivity (Wildman–Crippen MR) is 65.6 cm³/mol. The highest BCUT2D eigenvalue weighted by atomic mass is 19.1. The Labute approximate surface area is 103 Å². The molecule has 2 N–H and O–H groups in total. The smallest absolute Gasteiger partial charge is 0.134 e. The number of nitrogen functional groups attached to an aromatic ring is 1. The molecule has 0 aromatic heterocycles. The molecule has 0 saturated heterocycles. The minimum Gasteiger partial charge on any atom is -0.398 e. The lowest BCUT2D eigenvalue weighted by molar-refractivity contribution is 0.577. The molecule has 0 aliphatic heterocycles. The first-order valence-electron chi connectivity index (χ1n) is 5.42. The minimum absolute atomic E-state index is 0.0121. The van der Waals surface area contributed by atoms with Gasteiger partial charge in [-0.25, -0.2) is 13.2 Å². The Morgan fingerprint density at radius 1 is 0.722 bits per heavy atom. The van der Waals surface area contributed by atoms with Crippen LogP contribution in [0.3, 0.4) is 0 Å². The number of rotatable bonds is 1. The van der Waals surface area contributed by atoms with Crippen LogP contribution in [-0.2, 0) is 0 Å². The van der Waals surface area contributed by atoms with Crippen molar-refractivity contribution in [2.75, 3.05) is 5.73 Å². The summed E-state index contributed by atoms with van der Waals surface area (Å²) in [5.41, 5.74) is 6.94. The average Bonchev–Trinajstić information content (AvgIpc) is 2.29. The number of nitrogens with two attached hydrogens (primary N) is 1. The van der Waals surface area contributed by atoms with Crippen LogP contribution in [0.5, 0.6) is 0 Å². The fourth-order valence-electron chi connectivity index (χ4n) is 1.76. The van der Waals surface area contributed by atoms with Gasteiger partial charge in [-0.3, -0.25) is 0 Å². The Balaban J connectivity index is 2.69. The van der Waals surface area contributed by atoms with Gasteiger partial charge in [-0.05, 0) is 43.2 Å². The number of anilines is 1. The molecule has 0 aliphatic carbocycles. The van der Waals surface area contributed by atoms with E-state index in [1.165, 1.54) is 25.1 Å². The Bertz CT molecular complexity index is 565. The summed E-state index contributed by atoms with van der Waals surface area (Å²) in [6.45, 7) is 3.15. The second kappa shape index (κ2) is 4.37. The molecular weight excluding hydrogens is 239 g/mol. The molecule has 0 atom stereocenters. The van der Waals surface area contributed by atoms with E-state index in [9.17, 15) is 13.2 Å². The molecular formula is C14H12F3N. The molecule has 0 bridgehead atoms. The first kappa shape index (κ1) is 12.5. The van der Waals surface area contributed by atoms with Crippen molar-refractivity contribution >= 4 is 5.69 Å². The Morgan fingerprint density at radius 3 is 1.94 bits per heavy atom. The zero-order valence-corrected chi connectivity index (χ0v) is 10.0. The molecule has 0 radical (unpaired) electrons. The summed E-state index contributed by atoms with van der Waals surface area (Å²) in [5.74, 6) is -2.04. The minimum atomic E-state index is -0.805. The van der Waals surface area contributed by atoms with Gasteiger partial charge in [0.15, 0.2) is 0 Å². The maximum absolute atomic E-state index is 13.8. The fraction of sp³-hybridized carbons (Fsp3) is 0.143. The average molecular weight is 251 g/mol. The van der Waals surface area contributed by atoms with E-state index in [1.54, 1.807) is 6.92 Å². The third-order valence-electron chi connectivity index (χ3n) is 2.89. The first-order chi connectivity index (χ1) is 8.40. The molecule has 2 rings (SSSR count). The van der Waals surface area contributed by atoms with Gasteiger partial charge < -0.3 is 5.73 Å². The van der Waals surface area contributed by atoms with Gasteiger partial charge in [-0.2, -0.15) is 0 Å². The van der Waals surface area contributed by atoms with Crippen molar-refractivity contribution < 1.29 is 13.2 Å². The maximum Gasteiger partial charge on any atom is 0.134 e. The lowest BCUT2D eigenvalue weighted by Crippen LogP contribution is -1.97. The zero-order chi connectivity index (χ0) is 13.4. The highest BCUT2D eigenvalue weighted by molar-refractivity contribution is 5.70. The summed E-state index contributed by atoms with van der Waals surface area (Å²) in [5, 5.41) is 0. The summed E-state index contributed by atoms with van der Waals surface area (Å²) < 4.78 is 40.7. The van der Waals surface area contributed by atoms with E-state index in [2.05, 4.69) is 0 Å². The van der Waals surface area contributed by atoms with Gasteiger partial charge in [-0.1, -0.05) is 0 Å². The quantitative estimate of drug-likeness (QED) is 0.762. The van der Waals surface area contributed by atoms with Gasteiger partial charge in [-0.15, -0.1) is 0 Å². The van der Waals surface area contributed by atoms with E-state index in [1.807, 2.05) is 0 Å². The van der Waals surface area contributed by atoms with E-state index in [0.29, 0.717) is 11.3 Å². The number of hydrogen-bond acceptors (Lipinski definition) is 1. The van der Waals surface area contributed by atoms with Crippen molar-refractivity contribution in [3.63, 3.8) is 0 Å². The van der Waals surface area contributed by atoms with Gasteiger partial charge in [0.1, 0.15) is 17.5 Å². The predicted octanol–water partition coefficient (Wildman–Crippen LogP) is 3.97. The number of halogens is 3. The molecule has 18 heavy (non-hydrogen) atoms. The van der Waals surface area contributed by atoms with Crippen molar-refractivity contribution in [2.24, 2.45) is 0 Å².